The summed E-state index contributed by atoms with van der Waals surface area (Å²) in [5.41, 5.74) is 1.04. The van der Waals surface area contributed by atoms with Gasteiger partial charge < -0.3 is 0 Å². The number of benzene rings is 1. The van der Waals surface area contributed by atoms with E-state index in [4.69, 9.17) is 11.6 Å². The smallest absolute Gasteiger partial charge is 0.124 e. The van der Waals surface area contributed by atoms with Crippen LogP contribution in [0.15, 0.2) is 18.2 Å². The first-order valence-electron chi connectivity index (χ1n) is 4.57. The highest BCUT2D eigenvalue weighted by molar-refractivity contribution is 6.31. The molecule has 0 spiro atoms. The van der Waals surface area contributed by atoms with E-state index in [1.807, 2.05) is 0 Å². The van der Waals surface area contributed by atoms with Gasteiger partial charge in [-0.2, -0.15) is 0 Å². The molecule has 69 valence electrons. The topological polar surface area (TPSA) is 0 Å². The van der Waals surface area contributed by atoms with Gasteiger partial charge in [0, 0.05) is 10.9 Å². The Morgan fingerprint density at radius 3 is 2.46 bits per heavy atom. The predicted molar refractivity (Wildman–Crippen MR) is 52.2 cm³/mol. The van der Waals surface area contributed by atoms with E-state index in [2.05, 4.69) is 0 Å². The van der Waals surface area contributed by atoms with Crippen LogP contribution in [0.1, 0.15) is 31.2 Å². The van der Waals surface area contributed by atoms with Gasteiger partial charge in [-0.25, -0.2) is 4.39 Å². The van der Waals surface area contributed by atoms with Gasteiger partial charge in [0.15, 0.2) is 0 Å². The Morgan fingerprint density at radius 1 is 1.15 bits per heavy atom. The number of hydrogen-bond acceptors (Lipinski definition) is 0. The van der Waals surface area contributed by atoms with E-state index in [9.17, 15) is 4.39 Å². The van der Waals surface area contributed by atoms with Crippen molar-refractivity contribution in [1.82, 2.24) is 0 Å². The molecule has 1 fully saturated rings. The summed E-state index contributed by atoms with van der Waals surface area (Å²) < 4.78 is 12.7. The van der Waals surface area contributed by atoms with Crippen LogP contribution in [0.4, 0.5) is 4.39 Å². The van der Waals surface area contributed by atoms with Gasteiger partial charge in [-0.05, 0) is 30.5 Å². The molecule has 0 unspecified atom stereocenters. The van der Waals surface area contributed by atoms with Crippen LogP contribution in [-0.4, -0.2) is 0 Å². The lowest BCUT2D eigenvalue weighted by atomic mass is 9.98. The molecule has 0 N–H and O–H groups in total. The zero-order chi connectivity index (χ0) is 9.26. The van der Waals surface area contributed by atoms with Crippen molar-refractivity contribution in [3.63, 3.8) is 0 Å². The lowest BCUT2D eigenvalue weighted by molar-refractivity contribution is 0.627. The summed E-state index contributed by atoms with van der Waals surface area (Å²) in [7, 11) is 0. The van der Waals surface area contributed by atoms with E-state index in [0.717, 1.165) is 18.4 Å². The van der Waals surface area contributed by atoms with Crippen LogP contribution in [0.5, 0.6) is 0 Å². The lowest BCUT2D eigenvalue weighted by Crippen LogP contribution is -1.94. The van der Waals surface area contributed by atoms with Crippen molar-refractivity contribution >= 4 is 11.6 Å². The molecule has 2 heteroatoms. The average molecular weight is 198 g/mol. The minimum Gasteiger partial charge on any atom is -0.207 e. The number of halogens is 2. The van der Waals surface area contributed by atoms with Crippen LogP contribution in [-0.2, 0) is 0 Å². The molecule has 1 aliphatic rings. The molecular weight excluding hydrogens is 187 g/mol. The molecule has 13 heavy (non-hydrogen) atoms. The molecule has 0 aliphatic heterocycles. The normalized spacial score (nSPS) is 18.0. The maximum absolute atomic E-state index is 12.7. The van der Waals surface area contributed by atoms with Crippen molar-refractivity contribution in [2.45, 2.75) is 25.7 Å². The van der Waals surface area contributed by atoms with E-state index in [0.29, 0.717) is 5.02 Å². The molecule has 0 saturated heterocycles. The molecule has 0 atom stereocenters. The van der Waals surface area contributed by atoms with Crippen molar-refractivity contribution in [2.24, 2.45) is 0 Å². The summed E-state index contributed by atoms with van der Waals surface area (Å²) in [6.07, 6.45) is 4.71. The van der Waals surface area contributed by atoms with E-state index in [1.165, 1.54) is 30.9 Å². The lowest BCUT2D eigenvalue weighted by Gasteiger charge is -2.10. The summed E-state index contributed by atoms with van der Waals surface area (Å²) in [6, 6.07) is 4.66. The summed E-state index contributed by atoms with van der Waals surface area (Å²) >= 11 is 5.95. The summed E-state index contributed by atoms with van der Waals surface area (Å²) in [5.74, 6) is 1.12. The van der Waals surface area contributed by atoms with Crippen molar-refractivity contribution in [3.05, 3.63) is 40.5 Å². The third kappa shape index (κ3) is 1.86. The number of hydrogen-bond donors (Lipinski definition) is 0. The van der Waals surface area contributed by atoms with E-state index in [1.54, 1.807) is 6.07 Å². The van der Waals surface area contributed by atoms with Crippen molar-refractivity contribution in [2.75, 3.05) is 0 Å². The second-order valence-corrected chi connectivity index (χ2v) is 3.84. The Balaban J connectivity index is 2.29. The maximum atomic E-state index is 12.7. The Bertz CT molecular complexity index is 303. The van der Waals surface area contributed by atoms with Gasteiger partial charge >= 0.3 is 0 Å². The second kappa shape index (κ2) is 3.67. The minimum atomic E-state index is -0.257. The van der Waals surface area contributed by atoms with Crippen LogP contribution in [0.25, 0.3) is 0 Å². The Labute approximate surface area is 82.7 Å². The highest BCUT2D eigenvalue weighted by atomic mass is 35.5. The SMILES string of the molecule is Fc1ccc([C]2CCCC2)c(Cl)c1. The van der Waals surface area contributed by atoms with Gasteiger partial charge in [-0.15, -0.1) is 0 Å². The molecule has 1 saturated carbocycles. The largest absolute Gasteiger partial charge is 0.207 e. The van der Waals surface area contributed by atoms with Crippen LogP contribution in [0.3, 0.4) is 0 Å². The summed E-state index contributed by atoms with van der Waals surface area (Å²) in [4.78, 5) is 0. The molecular formula is C11H11ClF. The first kappa shape index (κ1) is 9.01. The molecule has 0 bridgehead atoms. The van der Waals surface area contributed by atoms with Gasteiger partial charge in [-0.1, -0.05) is 30.5 Å². The predicted octanol–water partition coefficient (Wildman–Crippen LogP) is 3.98. The third-order valence-electron chi connectivity index (χ3n) is 2.52. The Morgan fingerprint density at radius 2 is 1.85 bits per heavy atom. The molecule has 2 rings (SSSR count). The first-order valence-corrected chi connectivity index (χ1v) is 4.95. The third-order valence-corrected chi connectivity index (χ3v) is 2.83. The van der Waals surface area contributed by atoms with Crippen LogP contribution >= 0.6 is 11.6 Å². The van der Waals surface area contributed by atoms with Crippen molar-refractivity contribution < 1.29 is 4.39 Å². The second-order valence-electron chi connectivity index (χ2n) is 3.43. The van der Waals surface area contributed by atoms with Gasteiger partial charge in [0.05, 0.1) is 0 Å². The first-order chi connectivity index (χ1) is 6.27. The minimum absolute atomic E-state index is 0.257. The fraction of sp³-hybridized carbons (Fsp3) is 0.364. The molecule has 0 aromatic heterocycles. The molecule has 0 nitrogen and oxygen atoms in total. The molecule has 1 aromatic rings. The van der Waals surface area contributed by atoms with E-state index >= 15 is 0 Å². The number of rotatable bonds is 1. The molecule has 1 radical (unpaired) electrons. The molecule has 0 heterocycles. The van der Waals surface area contributed by atoms with E-state index < -0.39 is 0 Å². The molecule has 1 aliphatic carbocycles. The molecule has 1 aromatic carbocycles. The van der Waals surface area contributed by atoms with Gasteiger partial charge in [0.2, 0.25) is 0 Å². The quantitative estimate of drug-likeness (QED) is 0.639. The Hall–Kier alpha value is -0.560. The highest BCUT2D eigenvalue weighted by Crippen LogP contribution is 2.36. The fourth-order valence-corrected chi connectivity index (χ4v) is 2.15. The standard InChI is InChI=1S/C11H11ClF/c12-11-7-9(13)5-6-10(11)8-3-1-2-4-8/h5-7H,1-4H2. The monoisotopic (exact) mass is 197 g/mol. The fourth-order valence-electron chi connectivity index (χ4n) is 1.85. The highest BCUT2D eigenvalue weighted by Gasteiger charge is 2.19. The Kier molecular flexibility index (Phi) is 2.54. The van der Waals surface area contributed by atoms with Crippen LogP contribution in [0.2, 0.25) is 5.02 Å². The van der Waals surface area contributed by atoms with Gasteiger partial charge in [0.1, 0.15) is 5.82 Å². The summed E-state index contributed by atoms with van der Waals surface area (Å²) in [5, 5.41) is 0.553. The van der Waals surface area contributed by atoms with Crippen LogP contribution in [0, 0.1) is 11.7 Å². The maximum Gasteiger partial charge on any atom is 0.124 e. The van der Waals surface area contributed by atoms with Gasteiger partial charge in [0.25, 0.3) is 0 Å². The molecule has 0 amide bonds. The van der Waals surface area contributed by atoms with Gasteiger partial charge in [-0.3, -0.25) is 0 Å². The summed E-state index contributed by atoms with van der Waals surface area (Å²) in [6.45, 7) is 0. The van der Waals surface area contributed by atoms with Crippen LogP contribution < -0.4 is 0 Å². The zero-order valence-electron chi connectivity index (χ0n) is 7.32. The zero-order valence-corrected chi connectivity index (χ0v) is 8.07. The van der Waals surface area contributed by atoms with E-state index in [-0.39, 0.29) is 5.82 Å². The van der Waals surface area contributed by atoms with Crippen molar-refractivity contribution in [1.29, 1.82) is 0 Å². The van der Waals surface area contributed by atoms with Crippen molar-refractivity contribution in [3.8, 4) is 0 Å². The average Bonchev–Trinajstić information content (AvgIpc) is 2.56.